The molecule has 2 aliphatic rings. The normalized spacial score (nSPS) is 21.6. The minimum Gasteiger partial charge on any atom is -0.342 e. The molecular formula is C16H17N3. The molecule has 2 aromatic rings. The molecule has 0 aliphatic heterocycles. The molecule has 0 saturated heterocycles. The Morgan fingerprint density at radius 1 is 1.26 bits per heavy atom. The van der Waals surface area contributed by atoms with E-state index in [-0.39, 0.29) is 5.41 Å². The van der Waals surface area contributed by atoms with Crippen LogP contribution in [0, 0.1) is 11.3 Å². The van der Waals surface area contributed by atoms with E-state index in [2.05, 4.69) is 29.3 Å². The number of aromatic nitrogens is 2. The lowest BCUT2D eigenvalue weighted by Crippen LogP contribution is -2.01. The number of aromatic amines is 1. The maximum Gasteiger partial charge on any atom is 0.110 e. The number of rotatable bonds is 2. The van der Waals surface area contributed by atoms with Gasteiger partial charge in [0.15, 0.2) is 0 Å². The van der Waals surface area contributed by atoms with Crippen LogP contribution in [0.25, 0.3) is 11.0 Å². The van der Waals surface area contributed by atoms with Crippen LogP contribution in [0.1, 0.15) is 55.8 Å². The molecule has 0 unspecified atom stereocenters. The number of nitrogens with zero attached hydrogens (tertiary/aromatic N) is 2. The molecule has 1 heterocycles. The molecule has 2 saturated carbocycles. The van der Waals surface area contributed by atoms with Gasteiger partial charge in [-0.3, -0.25) is 0 Å². The summed E-state index contributed by atoms with van der Waals surface area (Å²) in [5.41, 5.74) is 3.09. The second-order valence-corrected chi connectivity index (χ2v) is 6.03. The largest absolute Gasteiger partial charge is 0.342 e. The average Bonchev–Trinajstić information content (AvgIpc) is 2.89. The van der Waals surface area contributed by atoms with Crippen LogP contribution in [0.4, 0.5) is 0 Å². The molecule has 4 rings (SSSR count). The Labute approximate surface area is 112 Å². The maximum atomic E-state index is 9.28. The van der Waals surface area contributed by atoms with E-state index in [1.807, 2.05) is 0 Å². The van der Waals surface area contributed by atoms with Gasteiger partial charge in [0.25, 0.3) is 0 Å². The molecule has 1 aromatic heterocycles. The first-order valence-electron chi connectivity index (χ1n) is 7.22. The highest BCUT2D eigenvalue weighted by Gasteiger charge is 2.45. The molecule has 0 radical (unpaired) electrons. The lowest BCUT2D eigenvalue weighted by molar-refractivity contribution is 0.681. The van der Waals surface area contributed by atoms with Crippen LogP contribution in [0.2, 0.25) is 0 Å². The van der Waals surface area contributed by atoms with Crippen molar-refractivity contribution in [1.29, 1.82) is 5.26 Å². The van der Waals surface area contributed by atoms with E-state index in [1.54, 1.807) is 0 Å². The number of nitriles is 1. The van der Waals surface area contributed by atoms with E-state index in [4.69, 9.17) is 4.98 Å². The number of imidazole rings is 1. The van der Waals surface area contributed by atoms with Crippen molar-refractivity contribution >= 4 is 11.0 Å². The highest BCUT2D eigenvalue weighted by Crippen LogP contribution is 2.48. The first-order valence-corrected chi connectivity index (χ1v) is 7.22. The first kappa shape index (κ1) is 11.0. The number of hydrogen-bond acceptors (Lipinski definition) is 2. The lowest BCUT2D eigenvalue weighted by atomic mass is 9.97. The first-order chi connectivity index (χ1) is 9.31. The van der Waals surface area contributed by atoms with Crippen molar-refractivity contribution in [3.63, 3.8) is 0 Å². The van der Waals surface area contributed by atoms with Crippen molar-refractivity contribution in [2.45, 2.75) is 49.9 Å². The van der Waals surface area contributed by atoms with Crippen LogP contribution in [-0.4, -0.2) is 9.97 Å². The Morgan fingerprint density at radius 3 is 2.74 bits per heavy atom. The van der Waals surface area contributed by atoms with Gasteiger partial charge in [-0.25, -0.2) is 4.98 Å². The summed E-state index contributed by atoms with van der Waals surface area (Å²) in [5.74, 6) is 1.76. The van der Waals surface area contributed by atoms with E-state index < -0.39 is 0 Å². The third kappa shape index (κ3) is 1.67. The summed E-state index contributed by atoms with van der Waals surface area (Å²) in [6, 6.07) is 8.74. The molecule has 3 heteroatoms. The van der Waals surface area contributed by atoms with Crippen LogP contribution in [0.3, 0.4) is 0 Å². The Balaban J connectivity index is 1.75. The van der Waals surface area contributed by atoms with Crippen molar-refractivity contribution in [2.75, 3.05) is 0 Å². The zero-order valence-electron chi connectivity index (χ0n) is 10.9. The molecular weight excluding hydrogens is 234 g/mol. The van der Waals surface area contributed by atoms with Gasteiger partial charge in [-0.15, -0.1) is 0 Å². The molecule has 3 nitrogen and oxygen atoms in total. The van der Waals surface area contributed by atoms with Crippen molar-refractivity contribution in [3.05, 3.63) is 29.6 Å². The van der Waals surface area contributed by atoms with E-state index in [0.717, 1.165) is 35.3 Å². The van der Waals surface area contributed by atoms with Crippen LogP contribution in [0.5, 0.6) is 0 Å². The van der Waals surface area contributed by atoms with Crippen LogP contribution in [-0.2, 0) is 5.41 Å². The number of benzene rings is 1. The van der Waals surface area contributed by atoms with Gasteiger partial charge in [0.05, 0.1) is 22.5 Å². The van der Waals surface area contributed by atoms with Crippen molar-refractivity contribution in [1.82, 2.24) is 9.97 Å². The SMILES string of the molecule is N#CC1(c2ccc3nc(C4CCCC4)[nH]c3c2)CC1. The van der Waals surface area contributed by atoms with Gasteiger partial charge < -0.3 is 4.98 Å². The predicted octanol–water partition coefficient (Wildman–Crippen LogP) is 3.78. The molecule has 1 N–H and O–H groups in total. The topological polar surface area (TPSA) is 52.5 Å². The molecule has 0 bridgehead atoms. The number of hydrogen-bond donors (Lipinski definition) is 1. The second-order valence-electron chi connectivity index (χ2n) is 6.03. The van der Waals surface area contributed by atoms with E-state index in [9.17, 15) is 5.26 Å². The molecule has 2 fully saturated rings. The Kier molecular flexibility index (Phi) is 2.23. The van der Waals surface area contributed by atoms with Gasteiger partial charge in [-0.1, -0.05) is 18.9 Å². The third-order valence-electron chi connectivity index (χ3n) is 4.76. The summed E-state index contributed by atoms with van der Waals surface area (Å²) in [6.45, 7) is 0. The second kappa shape index (κ2) is 3.84. The molecule has 0 atom stereocenters. The van der Waals surface area contributed by atoms with Crippen LogP contribution in [0.15, 0.2) is 18.2 Å². The van der Waals surface area contributed by atoms with E-state index in [0.29, 0.717) is 5.92 Å². The zero-order chi connectivity index (χ0) is 12.9. The van der Waals surface area contributed by atoms with E-state index >= 15 is 0 Å². The van der Waals surface area contributed by atoms with Gasteiger partial charge in [0, 0.05) is 5.92 Å². The zero-order valence-corrected chi connectivity index (χ0v) is 10.9. The summed E-state index contributed by atoms with van der Waals surface area (Å²) in [5, 5.41) is 9.28. The van der Waals surface area contributed by atoms with Crippen molar-refractivity contribution < 1.29 is 0 Å². The highest BCUT2D eigenvalue weighted by atomic mass is 14.9. The van der Waals surface area contributed by atoms with Gasteiger partial charge in [-0.2, -0.15) is 5.26 Å². The van der Waals surface area contributed by atoms with Gasteiger partial charge in [0.2, 0.25) is 0 Å². The molecule has 19 heavy (non-hydrogen) atoms. The Bertz CT molecular complexity index is 667. The van der Waals surface area contributed by atoms with Crippen molar-refractivity contribution in [3.8, 4) is 6.07 Å². The maximum absolute atomic E-state index is 9.28. The standard InChI is InChI=1S/C16H17N3/c17-10-16(7-8-16)12-5-6-13-14(9-12)19-15(18-13)11-3-1-2-4-11/h5-6,9,11H,1-4,7-8H2,(H,18,19). The predicted molar refractivity (Wildman–Crippen MR) is 73.8 cm³/mol. The molecule has 0 amide bonds. The average molecular weight is 251 g/mol. The summed E-state index contributed by atoms with van der Waals surface area (Å²) < 4.78 is 0. The molecule has 1 aromatic carbocycles. The Morgan fingerprint density at radius 2 is 2.05 bits per heavy atom. The third-order valence-corrected chi connectivity index (χ3v) is 4.76. The minimum absolute atomic E-state index is 0.202. The minimum atomic E-state index is -0.202. The van der Waals surface area contributed by atoms with Gasteiger partial charge in [-0.05, 0) is 43.4 Å². The fourth-order valence-electron chi connectivity index (χ4n) is 3.31. The van der Waals surface area contributed by atoms with Crippen molar-refractivity contribution in [2.24, 2.45) is 0 Å². The van der Waals surface area contributed by atoms with Gasteiger partial charge in [0.1, 0.15) is 5.82 Å². The fraction of sp³-hybridized carbons (Fsp3) is 0.500. The monoisotopic (exact) mass is 251 g/mol. The van der Waals surface area contributed by atoms with Gasteiger partial charge >= 0.3 is 0 Å². The number of nitrogens with one attached hydrogen (secondary N) is 1. The molecule has 2 aliphatic carbocycles. The summed E-state index contributed by atoms with van der Waals surface area (Å²) in [6.07, 6.45) is 7.16. The van der Waals surface area contributed by atoms with Crippen LogP contribution < -0.4 is 0 Å². The quantitative estimate of drug-likeness (QED) is 0.883. The summed E-state index contributed by atoms with van der Waals surface area (Å²) in [4.78, 5) is 8.21. The number of H-pyrrole nitrogens is 1. The fourth-order valence-corrected chi connectivity index (χ4v) is 3.31. The Hall–Kier alpha value is -1.82. The molecule has 96 valence electrons. The van der Waals surface area contributed by atoms with E-state index in [1.165, 1.54) is 25.7 Å². The summed E-state index contributed by atoms with van der Waals surface area (Å²) >= 11 is 0. The summed E-state index contributed by atoms with van der Waals surface area (Å²) in [7, 11) is 0. The molecule has 0 spiro atoms. The highest BCUT2D eigenvalue weighted by molar-refractivity contribution is 5.77. The lowest BCUT2D eigenvalue weighted by Gasteiger charge is -2.04. The van der Waals surface area contributed by atoms with Crippen LogP contribution >= 0.6 is 0 Å². The number of fused-ring (bicyclic) bond motifs is 1. The smallest absolute Gasteiger partial charge is 0.110 e.